The maximum Gasteiger partial charge on any atom is 0.148 e. The highest BCUT2D eigenvalue weighted by Crippen LogP contribution is 2.32. The third-order valence-corrected chi connectivity index (χ3v) is 2.80. The van der Waals surface area contributed by atoms with Crippen LogP contribution in [0.1, 0.15) is 0 Å². The van der Waals surface area contributed by atoms with Gasteiger partial charge in [0.05, 0.1) is 19.9 Å². The van der Waals surface area contributed by atoms with E-state index in [1.165, 1.54) is 0 Å². The van der Waals surface area contributed by atoms with Gasteiger partial charge in [0.15, 0.2) is 0 Å². The summed E-state index contributed by atoms with van der Waals surface area (Å²) in [6, 6.07) is 9.29. The van der Waals surface area contributed by atoms with Gasteiger partial charge in [-0.3, -0.25) is 0 Å². The third kappa shape index (κ3) is 3.16. The van der Waals surface area contributed by atoms with Gasteiger partial charge < -0.3 is 20.5 Å². The molecule has 0 radical (unpaired) electrons. The van der Waals surface area contributed by atoms with Crippen molar-refractivity contribution >= 4 is 5.82 Å². The van der Waals surface area contributed by atoms with Gasteiger partial charge in [0.25, 0.3) is 0 Å². The molecular formula is C14H18N4O2. The smallest absolute Gasteiger partial charge is 0.148 e. The molecule has 6 heteroatoms. The minimum atomic E-state index is 0.549. The topological polar surface area (TPSA) is 82.3 Å². The summed E-state index contributed by atoms with van der Waals surface area (Å²) < 4.78 is 10.6. The number of hydrogen-bond donors (Lipinski definition) is 2. The lowest BCUT2D eigenvalue weighted by Gasteiger charge is -2.10. The lowest BCUT2D eigenvalue weighted by Crippen LogP contribution is -2.14. The number of hydrogen-bond acceptors (Lipinski definition) is 6. The van der Waals surface area contributed by atoms with E-state index < -0.39 is 0 Å². The van der Waals surface area contributed by atoms with Crippen molar-refractivity contribution in [1.82, 2.24) is 10.2 Å². The second-order valence-electron chi connectivity index (χ2n) is 4.09. The van der Waals surface area contributed by atoms with Gasteiger partial charge in [-0.15, -0.1) is 10.2 Å². The van der Waals surface area contributed by atoms with E-state index in [0.29, 0.717) is 18.9 Å². The molecular weight excluding hydrogens is 256 g/mol. The lowest BCUT2D eigenvalue weighted by molar-refractivity contribution is 0.404. The Morgan fingerprint density at radius 2 is 1.95 bits per heavy atom. The first kappa shape index (κ1) is 14.1. The monoisotopic (exact) mass is 274 g/mol. The largest absolute Gasteiger partial charge is 0.497 e. The number of benzene rings is 1. The predicted molar refractivity (Wildman–Crippen MR) is 78.1 cm³/mol. The van der Waals surface area contributed by atoms with Gasteiger partial charge in [-0.25, -0.2) is 0 Å². The molecule has 1 aromatic carbocycles. The molecule has 1 heterocycles. The highest BCUT2D eigenvalue weighted by Gasteiger charge is 2.09. The Balaban J connectivity index is 2.30. The molecule has 2 aromatic rings. The zero-order chi connectivity index (χ0) is 14.4. The molecule has 3 N–H and O–H groups in total. The second-order valence-corrected chi connectivity index (χ2v) is 4.09. The van der Waals surface area contributed by atoms with Crippen LogP contribution in [0.15, 0.2) is 30.3 Å². The lowest BCUT2D eigenvalue weighted by atomic mass is 10.1. The first-order chi connectivity index (χ1) is 9.78. The fourth-order valence-corrected chi connectivity index (χ4v) is 1.78. The summed E-state index contributed by atoms with van der Waals surface area (Å²) in [5.41, 5.74) is 6.99. The van der Waals surface area contributed by atoms with Crippen LogP contribution in [0.4, 0.5) is 5.82 Å². The van der Waals surface area contributed by atoms with Crippen molar-refractivity contribution in [1.29, 1.82) is 0 Å². The molecule has 0 saturated heterocycles. The van der Waals surface area contributed by atoms with Crippen molar-refractivity contribution in [2.24, 2.45) is 5.73 Å². The molecule has 0 bridgehead atoms. The highest BCUT2D eigenvalue weighted by molar-refractivity contribution is 5.69. The first-order valence-electron chi connectivity index (χ1n) is 6.28. The van der Waals surface area contributed by atoms with E-state index in [9.17, 15) is 0 Å². The Kier molecular flexibility index (Phi) is 4.73. The Morgan fingerprint density at radius 1 is 1.10 bits per heavy atom. The molecule has 0 unspecified atom stereocenters. The average Bonchev–Trinajstić information content (AvgIpc) is 2.52. The van der Waals surface area contributed by atoms with Crippen molar-refractivity contribution in [3.05, 3.63) is 30.3 Å². The van der Waals surface area contributed by atoms with E-state index in [2.05, 4.69) is 15.5 Å². The molecule has 0 spiro atoms. The van der Waals surface area contributed by atoms with E-state index in [1.807, 2.05) is 30.3 Å². The van der Waals surface area contributed by atoms with Crippen LogP contribution in [0, 0.1) is 0 Å². The number of nitrogens with two attached hydrogens (primary N) is 1. The molecule has 6 nitrogen and oxygen atoms in total. The third-order valence-electron chi connectivity index (χ3n) is 2.80. The van der Waals surface area contributed by atoms with Crippen LogP contribution in [0.2, 0.25) is 0 Å². The maximum atomic E-state index is 5.43. The number of rotatable bonds is 6. The van der Waals surface area contributed by atoms with Crippen LogP contribution in [0.3, 0.4) is 0 Å². The summed E-state index contributed by atoms with van der Waals surface area (Å²) in [4.78, 5) is 0. The molecule has 0 atom stereocenters. The molecule has 0 aliphatic heterocycles. The van der Waals surface area contributed by atoms with Crippen LogP contribution in [-0.4, -0.2) is 37.5 Å². The molecule has 0 aliphatic rings. The fraction of sp³-hybridized carbons (Fsp3) is 0.286. The molecule has 0 fully saturated rings. The Morgan fingerprint density at radius 3 is 2.55 bits per heavy atom. The van der Waals surface area contributed by atoms with Crippen LogP contribution < -0.4 is 20.5 Å². The van der Waals surface area contributed by atoms with E-state index in [-0.39, 0.29) is 0 Å². The molecule has 1 aromatic heterocycles. The van der Waals surface area contributed by atoms with Crippen molar-refractivity contribution in [2.75, 3.05) is 32.6 Å². The summed E-state index contributed by atoms with van der Waals surface area (Å²) in [7, 11) is 3.24. The Bertz CT molecular complexity index is 558. The summed E-state index contributed by atoms with van der Waals surface area (Å²) in [6.45, 7) is 1.21. The van der Waals surface area contributed by atoms with Crippen LogP contribution >= 0.6 is 0 Å². The number of aromatic nitrogens is 2. The quantitative estimate of drug-likeness (QED) is 0.831. The van der Waals surface area contributed by atoms with Gasteiger partial charge in [-0.2, -0.15) is 0 Å². The number of nitrogens with zero attached hydrogens (tertiary/aromatic N) is 2. The number of anilines is 1. The van der Waals surface area contributed by atoms with Gasteiger partial charge in [-0.05, 0) is 30.3 Å². The summed E-state index contributed by atoms with van der Waals surface area (Å²) >= 11 is 0. The maximum absolute atomic E-state index is 5.43. The molecule has 0 aliphatic carbocycles. The normalized spacial score (nSPS) is 10.2. The van der Waals surface area contributed by atoms with Crippen molar-refractivity contribution in [3.8, 4) is 22.8 Å². The standard InChI is InChI=1S/C14H18N4O2/c1-19-10-3-5-13(20-2)11(9-10)12-4-6-14(18-17-12)16-8-7-15/h3-6,9H,7-8,15H2,1-2H3,(H,16,18). The number of nitrogens with one attached hydrogen (secondary N) is 1. The van der Waals surface area contributed by atoms with E-state index in [0.717, 1.165) is 22.8 Å². The number of ether oxygens (including phenoxy) is 2. The molecule has 2 rings (SSSR count). The minimum absolute atomic E-state index is 0.549. The predicted octanol–water partition coefficient (Wildman–Crippen LogP) is 1.53. The summed E-state index contributed by atoms with van der Waals surface area (Å²) in [6.07, 6.45) is 0. The van der Waals surface area contributed by atoms with Crippen LogP contribution in [-0.2, 0) is 0 Å². The molecule has 20 heavy (non-hydrogen) atoms. The first-order valence-corrected chi connectivity index (χ1v) is 6.28. The van der Waals surface area contributed by atoms with E-state index in [4.69, 9.17) is 15.2 Å². The van der Waals surface area contributed by atoms with Crippen molar-refractivity contribution in [3.63, 3.8) is 0 Å². The minimum Gasteiger partial charge on any atom is -0.497 e. The van der Waals surface area contributed by atoms with Gasteiger partial charge in [0.2, 0.25) is 0 Å². The van der Waals surface area contributed by atoms with Gasteiger partial charge in [-0.1, -0.05) is 0 Å². The summed E-state index contributed by atoms with van der Waals surface area (Å²) in [5, 5.41) is 11.4. The second kappa shape index (κ2) is 6.72. The number of methoxy groups -OCH3 is 2. The highest BCUT2D eigenvalue weighted by atomic mass is 16.5. The SMILES string of the molecule is COc1ccc(OC)c(-c2ccc(NCCN)nn2)c1. The van der Waals surface area contributed by atoms with E-state index >= 15 is 0 Å². The van der Waals surface area contributed by atoms with Crippen LogP contribution in [0.5, 0.6) is 11.5 Å². The van der Waals surface area contributed by atoms with Crippen LogP contribution in [0.25, 0.3) is 11.3 Å². The summed E-state index contributed by atoms with van der Waals surface area (Å²) in [5.74, 6) is 2.16. The Hall–Kier alpha value is -2.34. The fourth-order valence-electron chi connectivity index (χ4n) is 1.78. The van der Waals surface area contributed by atoms with Gasteiger partial charge in [0, 0.05) is 18.7 Å². The molecule has 0 saturated carbocycles. The van der Waals surface area contributed by atoms with E-state index in [1.54, 1.807) is 14.2 Å². The zero-order valence-electron chi connectivity index (χ0n) is 11.6. The van der Waals surface area contributed by atoms with Crippen molar-refractivity contribution in [2.45, 2.75) is 0 Å². The Labute approximate surface area is 117 Å². The average molecular weight is 274 g/mol. The van der Waals surface area contributed by atoms with Gasteiger partial charge in [0.1, 0.15) is 17.3 Å². The van der Waals surface area contributed by atoms with Gasteiger partial charge >= 0.3 is 0 Å². The molecule has 0 amide bonds. The zero-order valence-corrected chi connectivity index (χ0v) is 11.6. The molecule has 106 valence electrons. The van der Waals surface area contributed by atoms with Crippen molar-refractivity contribution < 1.29 is 9.47 Å².